The Bertz CT molecular complexity index is 476. The Morgan fingerprint density at radius 2 is 1.67 bits per heavy atom. The van der Waals surface area contributed by atoms with E-state index in [0.717, 1.165) is 17.9 Å². The highest BCUT2D eigenvalue weighted by molar-refractivity contribution is 5.15. The van der Waals surface area contributed by atoms with E-state index in [1.165, 1.54) is 63.6 Å². The van der Waals surface area contributed by atoms with Crippen LogP contribution in [-0.4, -0.2) is 17.5 Å². The van der Waals surface area contributed by atoms with Crippen LogP contribution in [0.5, 0.6) is 0 Å². The van der Waals surface area contributed by atoms with E-state index in [-0.39, 0.29) is 0 Å². The predicted molar refractivity (Wildman–Crippen MR) is 105 cm³/mol. The fourth-order valence-corrected chi connectivity index (χ4v) is 7.07. The van der Waals surface area contributed by atoms with Gasteiger partial charge in [-0.2, -0.15) is 0 Å². The summed E-state index contributed by atoms with van der Waals surface area (Å²) in [5.74, 6) is 1.56. The van der Waals surface area contributed by atoms with Gasteiger partial charge < -0.3 is 4.90 Å². The van der Waals surface area contributed by atoms with Crippen molar-refractivity contribution < 1.29 is 0 Å². The van der Waals surface area contributed by atoms with Gasteiger partial charge >= 0.3 is 0 Å². The summed E-state index contributed by atoms with van der Waals surface area (Å²) in [5.41, 5.74) is 3.05. The molecule has 5 atom stereocenters. The molecule has 2 saturated heterocycles. The third kappa shape index (κ3) is 2.65. The first kappa shape index (κ1) is 18.3. The second-order valence-electron chi connectivity index (χ2n) is 10.4. The fraction of sp³-hybridized carbons (Fsp3) is 0.913. The highest BCUT2D eigenvalue weighted by atomic mass is 15.2. The van der Waals surface area contributed by atoms with E-state index in [0.29, 0.717) is 16.2 Å². The van der Waals surface area contributed by atoms with E-state index >= 15 is 0 Å². The monoisotopic (exact) mass is 331 g/mol. The average molecular weight is 332 g/mol. The lowest BCUT2D eigenvalue weighted by Crippen LogP contribution is -2.30. The first-order valence-electron chi connectivity index (χ1n) is 10.6. The normalized spacial score (nSPS) is 48.3. The Kier molecular flexibility index (Phi) is 4.63. The van der Waals surface area contributed by atoms with Crippen LogP contribution in [0.3, 0.4) is 0 Å². The molecule has 1 aliphatic carbocycles. The van der Waals surface area contributed by atoms with Crippen molar-refractivity contribution in [3.8, 4) is 0 Å². The van der Waals surface area contributed by atoms with E-state index < -0.39 is 0 Å². The van der Waals surface area contributed by atoms with Gasteiger partial charge in [0.2, 0.25) is 0 Å². The smallest absolute Gasteiger partial charge is 0.0319 e. The first-order valence-corrected chi connectivity index (χ1v) is 10.6. The Balaban J connectivity index is 1.68. The van der Waals surface area contributed by atoms with Crippen molar-refractivity contribution in [2.45, 2.75) is 99.0 Å². The van der Waals surface area contributed by atoms with Crippen LogP contribution in [0.4, 0.5) is 0 Å². The molecule has 1 nitrogen and oxygen atoms in total. The molecule has 0 N–H and O–H groups in total. The fourth-order valence-electron chi connectivity index (χ4n) is 7.07. The molecule has 0 spiro atoms. The van der Waals surface area contributed by atoms with Crippen LogP contribution in [0.15, 0.2) is 12.3 Å². The summed E-state index contributed by atoms with van der Waals surface area (Å²) in [5, 5.41) is 0. The molecule has 3 aliphatic rings. The molecule has 24 heavy (non-hydrogen) atoms. The quantitative estimate of drug-likeness (QED) is 0.545. The summed E-state index contributed by atoms with van der Waals surface area (Å²) in [6.45, 7) is 20.8. The lowest BCUT2D eigenvalue weighted by molar-refractivity contribution is 0.0998. The van der Waals surface area contributed by atoms with Crippen LogP contribution < -0.4 is 0 Å². The summed E-state index contributed by atoms with van der Waals surface area (Å²) in [4.78, 5) is 2.65. The Labute approximate surface area is 151 Å². The van der Waals surface area contributed by atoms with Gasteiger partial charge in [0.25, 0.3) is 0 Å². The van der Waals surface area contributed by atoms with E-state index in [2.05, 4.69) is 53.0 Å². The Morgan fingerprint density at radius 3 is 2.17 bits per heavy atom. The predicted octanol–water partition coefficient (Wildman–Crippen LogP) is 6.64. The lowest BCUT2D eigenvalue weighted by Gasteiger charge is -2.40. The number of allylic oxidation sites excluding steroid dienone is 1. The highest BCUT2D eigenvalue weighted by Gasteiger charge is 2.55. The molecule has 0 bridgehead atoms. The molecule has 2 heterocycles. The third-order valence-corrected chi connectivity index (χ3v) is 9.05. The van der Waals surface area contributed by atoms with Crippen molar-refractivity contribution in [2.24, 2.45) is 28.1 Å². The zero-order chi connectivity index (χ0) is 17.8. The maximum Gasteiger partial charge on any atom is 0.0319 e. The van der Waals surface area contributed by atoms with Crippen molar-refractivity contribution in [3.63, 3.8) is 0 Å². The number of hydrogen-bond acceptors (Lipinski definition) is 1. The van der Waals surface area contributed by atoms with Crippen LogP contribution in [0.1, 0.15) is 92.9 Å². The topological polar surface area (TPSA) is 3.24 Å². The molecule has 5 unspecified atom stereocenters. The molecular formula is C23H41N. The van der Waals surface area contributed by atoms with Crippen LogP contribution in [0, 0.1) is 28.1 Å². The second kappa shape index (κ2) is 6.06. The summed E-state index contributed by atoms with van der Waals surface area (Å²) in [7, 11) is 0. The number of nitrogens with zero attached hydrogens (tertiary/aromatic N) is 1. The van der Waals surface area contributed by atoms with Crippen molar-refractivity contribution in [2.75, 3.05) is 6.54 Å². The zero-order valence-electron chi connectivity index (χ0n) is 17.3. The number of hydrogen-bond donors (Lipinski definition) is 0. The minimum absolute atomic E-state index is 0.523. The maximum absolute atomic E-state index is 4.51. The van der Waals surface area contributed by atoms with Gasteiger partial charge in [-0.25, -0.2) is 0 Å². The molecule has 2 aliphatic heterocycles. The molecule has 0 amide bonds. The number of fused-ring (bicyclic) bond motifs is 1. The summed E-state index contributed by atoms with van der Waals surface area (Å²) >= 11 is 0. The van der Waals surface area contributed by atoms with Crippen molar-refractivity contribution in [3.05, 3.63) is 12.3 Å². The molecule has 1 saturated carbocycles. The Hall–Kier alpha value is -0.460. The number of rotatable bonds is 5. The molecule has 138 valence electrons. The van der Waals surface area contributed by atoms with Gasteiger partial charge in [-0.05, 0) is 60.7 Å². The zero-order valence-corrected chi connectivity index (χ0v) is 17.3. The highest BCUT2D eigenvalue weighted by Crippen LogP contribution is 2.65. The minimum atomic E-state index is 0.523. The summed E-state index contributed by atoms with van der Waals surface area (Å²) in [6, 6.07) is 0.806. The van der Waals surface area contributed by atoms with Crippen LogP contribution in [0.25, 0.3) is 0 Å². The molecular weight excluding hydrogens is 290 g/mol. The van der Waals surface area contributed by atoms with Gasteiger partial charge in [0.05, 0.1) is 0 Å². The van der Waals surface area contributed by atoms with Gasteiger partial charge in [-0.15, -0.1) is 0 Å². The van der Waals surface area contributed by atoms with Crippen molar-refractivity contribution in [1.29, 1.82) is 0 Å². The molecule has 0 aromatic rings. The second-order valence-corrected chi connectivity index (χ2v) is 10.4. The minimum Gasteiger partial charge on any atom is -0.372 e. The van der Waals surface area contributed by atoms with Crippen LogP contribution in [0.2, 0.25) is 0 Å². The van der Waals surface area contributed by atoms with Crippen LogP contribution >= 0.6 is 0 Å². The molecule has 3 fully saturated rings. The summed E-state index contributed by atoms with van der Waals surface area (Å²) in [6.07, 6.45) is 11.0. The molecule has 0 radical (unpaired) electrons. The van der Waals surface area contributed by atoms with E-state index in [4.69, 9.17) is 0 Å². The van der Waals surface area contributed by atoms with Crippen molar-refractivity contribution >= 4 is 0 Å². The molecule has 0 aromatic heterocycles. The maximum atomic E-state index is 4.51. The van der Waals surface area contributed by atoms with Gasteiger partial charge in [0.15, 0.2) is 0 Å². The third-order valence-electron chi connectivity index (χ3n) is 9.05. The van der Waals surface area contributed by atoms with E-state index in [1.54, 1.807) is 0 Å². The Morgan fingerprint density at radius 1 is 1.08 bits per heavy atom. The average Bonchev–Trinajstić information content (AvgIpc) is 3.15. The largest absolute Gasteiger partial charge is 0.372 e. The SMILES string of the molecule is C=C1C(CCC2(C)CC(C)(CC)C(C)(CC)C2)C(C)C2CCCN12. The van der Waals surface area contributed by atoms with E-state index in [1.807, 2.05) is 0 Å². The molecule has 0 aromatic carbocycles. The van der Waals surface area contributed by atoms with Crippen LogP contribution in [-0.2, 0) is 0 Å². The first-order chi connectivity index (χ1) is 11.2. The van der Waals surface area contributed by atoms with Gasteiger partial charge in [0, 0.05) is 24.2 Å². The van der Waals surface area contributed by atoms with Gasteiger partial charge in [-0.3, -0.25) is 0 Å². The summed E-state index contributed by atoms with van der Waals surface area (Å²) < 4.78 is 0. The van der Waals surface area contributed by atoms with Crippen molar-refractivity contribution in [1.82, 2.24) is 4.90 Å². The van der Waals surface area contributed by atoms with Gasteiger partial charge in [0.1, 0.15) is 0 Å². The van der Waals surface area contributed by atoms with E-state index in [9.17, 15) is 0 Å². The molecule has 1 heteroatoms. The molecule has 3 rings (SSSR count). The standard InChI is InChI=1S/C23H41N/c1-8-22(6)15-21(5,16-23(22,7)9-2)13-12-19-17(3)20-11-10-14-24(20)18(19)4/h17,19-20H,4,8-16H2,1-3,5-7H3. The lowest BCUT2D eigenvalue weighted by atomic mass is 9.65. The van der Waals surface area contributed by atoms with Gasteiger partial charge in [-0.1, -0.05) is 61.0 Å².